The van der Waals surface area contributed by atoms with E-state index in [9.17, 15) is 18.0 Å². The van der Waals surface area contributed by atoms with E-state index in [1.807, 2.05) is 0 Å². The van der Waals surface area contributed by atoms with E-state index in [4.69, 9.17) is 18.9 Å². The highest BCUT2D eigenvalue weighted by atomic mass is 19.4. The Morgan fingerprint density at radius 3 is 2.54 bits per heavy atom. The Balaban J connectivity index is 2.31. The summed E-state index contributed by atoms with van der Waals surface area (Å²) in [5, 5.41) is 0. The molecule has 0 saturated carbocycles. The van der Waals surface area contributed by atoms with Crippen LogP contribution in [0, 0.1) is 0 Å². The van der Waals surface area contributed by atoms with E-state index in [1.165, 1.54) is 38.8 Å². The Kier molecular flexibility index (Phi) is 6.80. The molecule has 1 heterocycles. The normalized spacial score (nSPS) is 12.9. The standard InChI is InChI=1S/C18H17F3N2O5/c1-11(18(19,20)21)27-15-8-9-22-17(23-15)28-14-7-5-4-6-12(14)13(10-25-2)16(24)26-3/h4-11H,1-3H3. The molecule has 7 nitrogen and oxygen atoms in total. The Labute approximate surface area is 158 Å². The average Bonchev–Trinajstić information content (AvgIpc) is 2.66. The fraction of sp³-hybridized carbons (Fsp3) is 0.278. The van der Waals surface area contributed by atoms with Crippen LogP contribution in [0.3, 0.4) is 0 Å². The molecule has 1 atom stereocenters. The number of carbonyl (C=O) groups is 1. The molecule has 0 amide bonds. The number of para-hydroxylation sites is 1. The van der Waals surface area contributed by atoms with E-state index in [0.29, 0.717) is 5.56 Å². The Hall–Kier alpha value is -3.30. The smallest absolute Gasteiger partial charge is 0.425 e. The minimum Gasteiger partial charge on any atom is -0.503 e. The van der Waals surface area contributed by atoms with Crippen LogP contribution < -0.4 is 9.47 Å². The summed E-state index contributed by atoms with van der Waals surface area (Å²) >= 11 is 0. The number of hydrogen-bond acceptors (Lipinski definition) is 7. The molecule has 1 aromatic heterocycles. The van der Waals surface area contributed by atoms with Crippen molar-refractivity contribution in [3.05, 3.63) is 48.4 Å². The number of ether oxygens (including phenoxy) is 4. The molecule has 0 fully saturated rings. The van der Waals surface area contributed by atoms with Crippen molar-refractivity contribution in [3.63, 3.8) is 0 Å². The summed E-state index contributed by atoms with van der Waals surface area (Å²) in [6.45, 7) is 0.857. The molecule has 0 aliphatic rings. The number of hydrogen-bond donors (Lipinski definition) is 0. The monoisotopic (exact) mass is 398 g/mol. The van der Waals surface area contributed by atoms with E-state index in [1.54, 1.807) is 18.2 Å². The second-order valence-corrected chi connectivity index (χ2v) is 5.34. The molecular weight excluding hydrogens is 381 g/mol. The summed E-state index contributed by atoms with van der Waals surface area (Å²) < 4.78 is 57.9. The zero-order valence-electron chi connectivity index (χ0n) is 15.2. The molecule has 10 heteroatoms. The predicted molar refractivity (Wildman–Crippen MR) is 91.7 cm³/mol. The second kappa shape index (κ2) is 9.07. The molecule has 1 unspecified atom stereocenters. The summed E-state index contributed by atoms with van der Waals surface area (Å²) in [4.78, 5) is 19.7. The van der Waals surface area contributed by atoms with E-state index in [-0.39, 0.29) is 23.2 Å². The van der Waals surface area contributed by atoms with Crippen molar-refractivity contribution < 1.29 is 36.9 Å². The number of esters is 1. The molecule has 0 saturated heterocycles. The van der Waals surface area contributed by atoms with Crippen LogP contribution in [0.2, 0.25) is 0 Å². The van der Waals surface area contributed by atoms with Gasteiger partial charge in [0.1, 0.15) is 11.3 Å². The third-order valence-electron chi connectivity index (χ3n) is 3.39. The van der Waals surface area contributed by atoms with Gasteiger partial charge in [-0.3, -0.25) is 0 Å². The molecular formula is C18H17F3N2O5. The van der Waals surface area contributed by atoms with Gasteiger partial charge in [0, 0.05) is 17.8 Å². The van der Waals surface area contributed by atoms with Crippen LogP contribution in [-0.4, -0.2) is 42.4 Å². The van der Waals surface area contributed by atoms with Gasteiger partial charge in [-0.1, -0.05) is 18.2 Å². The maximum Gasteiger partial charge on any atom is 0.425 e. The van der Waals surface area contributed by atoms with Crippen LogP contribution in [0.15, 0.2) is 42.8 Å². The fourth-order valence-corrected chi connectivity index (χ4v) is 2.01. The highest BCUT2D eigenvalue weighted by Gasteiger charge is 2.38. The van der Waals surface area contributed by atoms with Gasteiger partial charge in [0.05, 0.1) is 20.5 Å². The average molecular weight is 398 g/mol. The van der Waals surface area contributed by atoms with Crippen LogP contribution in [-0.2, 0) is 14.3 Å². The van der Waals surface area contributed by atoms with Gasteiger partial charge in [0.25, 0.3) is 0 Å². The first-order valence-corrected chi connectivity index (χ1v) is 7.91. The number of methoxy groups -OCH3 is 2. The van der Waals surface area contributed by atoms with Gasteiger partial charge in [-0.2, -0.15) is 18.2 Å². The quantitative estimate of drug-likeness (QED) is 0.399. The highest BCUT2D eigenvalue weighted by molar-refractivity contribution is 6.17. The molecule has 0 N–H and O–H groups in total. The summed E-state index contributed by atoms with van der Waals surface area (Å²) in [7, 11) is 2.57. The lowest BCUT2D eigenvalue weighted by atomic mass is 10.1. The Bertz CT molecular complexity index is 855. The third kappa shape index (κ3) is 5.35. The zero-order chi connectivity index (χ0) is 20.7. The van der Waals surface area contributed by atoms with Gasteiger partial charge in [-0.25, -0.2) is 9.78 Å². The molecule has 0 bridgehead atoms. The summed E-state index contributed by atoms with van der Waals surface area (Å²) in [6, 6.07) is 7.29. The number of aromatic nitrogens is 2. The fourth-order valence-electron chi connectivity index (χ4n) is 2.01. The number of rotatable bonds is 7. The number of carbonyl (C=O) groups excluding carboxylic acids is 1. The Morgan fingerprint density at radius 2 is 1.89 bits per heavy atom. The van der Waals surface area contributed by atoms with Crippen LogP contribution in [0.25, 0.3) is 5.57 Å². The minimum atomic E-state index is -4.54. The highest BCUT2D eigenvalue weighted by Crippen LogP contribution is 2.30. The number of benzene rings is 1. The number of halogens is 3. The largest absolute Gasteiger partial charge is 0.503 e. The molecule has 1 aromatic carbocycles. The van der Waals surface area contributed by atoms with Gasteiger partial charge in [0.2, 0.25) is 5.88 Å². The lowest BCUT2D eigenvalue weighted by Gasteiger charge is -2.17. The van der Waals surface area contributed by atoms with E-state index >= 15 is 0 Å². The molecule has 150 valence electrons. The van der Waals surface area contributed by atoms with Crippen molar-refractivity contribution in [2.24, 2.45) is 0 Å². The maximum absolute atomic E-state index is 12.6. The lowest BCUT2D eigenvalue weighted by Crippen LogP contribution is -2.31. The van der Waals surface area contributed by atoms with Crippen LogP contribution in [0.5, 0.6) is 17.6 Å². The van der Waals surface area contributed by atoms with E-state index in [2.05, 4.69) is 9.97 Å². The van der Waals surface area contributed by atoms with Gasteiger partial charge in [-0.15, -0.1) is 0 Å². The van der Waals surface area contributed by atoms with Crippen molar-refractivity contribution in [1.29, 1.82) is 0 Å². The summed E-state index contributed by atoms with van der Waals surface area (Å²) in [6.07, 6.45) is -4.23. The maximum atomic E-state index is 12.6. The summed E-state index contributed by atoms with van der Waals surface area (Å²) in [5.74, 6) is -0.819. The Morgan fingerprint density at radius 1 is 1.18 bits per heavy atom. The zero-order valence-corrected chi connectivity index (χ0v) is 15.2. The van der Waals surface area contributed by atoms with Crippen molar-refractivity contribution in [2.45, 2.75) is 19.2 Å². The van der Waals surface area contributed by atoms with Gasteiger partial charge < -0.3 is 18.9 Å². The molecule has 0 aliphatic carbocycles. The van der Waals surface area contributed by atoms with Crippen molar-refractivity contribution in [1.82, 2.24) is 9.97 Å². The van der Waals surface area contributed by atoms with Gasteiger partial charge in [0.15, 0.2) is 6.10 Å². The molecule has 0 aliphatic heterocycles. The molecule has 2 rings (SSSR count). The van der Waals surface area contributed by atoms with Crippen LogP contribution in [0.4, 0.5) is 13.2 Å². The van der Waals surface area contributed by atoms with Gasteiger partial charge >= 0.3 is 18.2 Å². The van der Waals surface area contributed by atoms with Crippen molar-refractivity contribution in [2.75, 3.05) is 14.2 Å². The van der Waals surface area contributed by atoms with Crippen LogP contribution >= 0.6 is 0 Å². The number of alkyl halides is 3. The van der Waals surface area contributed by atoms with Crippen molar-refractivity contribution in [3.8, 4) is 17.6 Å². The minimum absolute atomic E-state index is 0.0682. The molecule has 2 aromatic rings. The number of nitrogens with zero attached hydrogens (tertiary/aromatic N) is 2. The molecule has 0 radical (unpaired) electrons. The summed E-state index contributed by atoms with van der Waals surface area (Å²) in [5.41, 5.74) is 0.383. The first-order valence-electron chi connectivity index (χ1n) is 7.91. The molecule has 28 heavy (non-hydrogen) atoms. The first kappa shape index (κ1) is 21.0. The van der Waals surface area contributed by atoms with E-state index < -0.39 is 18.2 Å². The SMILES string of the molecule is COC=C(C(=O)OC)c1ccccc1Oc1nccc(OC(C)C(F)(F)F)n1. The predicted octanol–water partition coefficient (Wildman–Crippen LogP) is 3.76. The van der Waals surface area contributed by atoms with Gasteiger partial charge in [-0.05, 0) is 13.0 Å². The first-order chi connectivity index (χ1) is 13.3. The van der Waals surface area contributed by atoms with E-state index in [0.717, 1.165) is 6.92 Å². The lowest BCUT2D eigenvalue weighted by molar-refractivity contribution is -0.190. The topological polar surface area (TPSA) is 79.8 Å². The van der Waals surface area contributed by atoms with Crippen molar-refractivity contribution >= 4 is 11.5 Å². The van der Waals surface area contributed by atoms with Crippen LogP contribution in [0.1, 0.15) is 12.5 Å². The molecule has 0 spiro atoms. The third-order valence-corrected chi connectivity index (χ3v) is 3.39. The second-order valence-electron chi connectivity index (χ2n) is 5.34.